The van der Waals surface area contributed by atoms with Crippen LogP contribution in [0.5, 0.6) is 11.5 Å². The fraction of sp³-hybridized carbons (Fsp3) is 0.650. The van der Waals surface area contributed by atoms with Crippen LogP contribution in [0.4, 0.5) is 8.78 Å². The number of nitrogens with one attached hydrogen (secondary N) is 2. The van der Waals surface area contributed by atoms with Crippen molar-refractivity contribution in [3.05, 3.63) is 23.8 Å². The van der Waals surface area contributed by atoms with Crippen molar-refractivity contribution >= 4 is 5.96 Å². The summed E-state index contributed by atoms with van der Waals surface area (Å²) in [5.74, 6) is 1.28. The number of ether oxygens (including phenoxy) is 3. The van der Waals surface area contributed by atoms with Gasteiger partial charge in [0.15, 0.2) is 5.96 Å². The molecular weight excluding hydrogens is 382 g/mol. The number of hydrogen-bond donors (Lipinski definition) is 2. The molecule has 1 aromatic carbocycles. The van der Waals surface area contributed by atoms with Gasteiger partial charge < -0.3 is 24.8 Å². The topological polar surface area (TPSA) is 67.4 Å². The molecule has 2 atom stereocenters. The van der Waals surface area contributed by atoms with E-state index in [1.807, 2.05) is 0 Å². The van der Waals surface area contributed by atoms with Crippen LogP contribution in [0.1, 0.15) is 25.8 Å². The summed E-state index contributed by atoms with van der Waals surface area (Å²) in [4.78, 5) is 6.59. The van der Waals surface area contributed by atoms with Crippen LogP contribution in [-0.2, 0) is 11.3 Å². The first kappa shape index (κ1) is 23.2. The monoisotopic (exact) mass is 414 g/mol. The number of alkyl halides is 2. The molecule has 0 aromatic heterocycles. The molecule has 7 nitrogen and oxygen atoms in total. The minimum absolute atomic E-state index is 0.110. The zero-order valence-corrected chi connectivity index (χ0v) is 17.6. The molecule has 164 valence electrons. The second-order valence-corrected chi connectivity index (χ2v) is 7.08. The number of morpholine rings is 1. The summed E-state index contributed by atoms with van der Waals surface area (Å²) in [7, 11) is 3.19. The van der Waals surface area contributed by atoms with Gasteiger partial charge in [0.25, 0.3) is 0 Å². The third-order valence-corrected chi connectivity index (χ3v) is 4.59. The number of benzene rings is 1. The summed E-state index contributed by atoms with van der Waals surface area (Å²) in [6.45, 7) is 5.19. The van der Waals surface area contributed by atoms with Crippen LogP contribution in [0, 0.1) is 0 Å². The molecule has 0 aliphatic carbocycles. The van der Waals surface area contributed by atoms with E-state index in [1.165, 1.54) is 13.2 Å². The average molecular weight is 414 g/mol. The number of rotatable bonds is 9. The predicted molar refractivity (Wildman–Crippen MR) is 109 cm³/mol. The fourth-order valence-corrected chi connectivity index (χ4v) is 3.41. The Labute approximate surface area is 171 Å². The Hall–Kier alpha value is -2.13. The third kappa shape index (κ3) is 8.02. The zero-order chi connectivity index (χ0) is 21.2. The molecule has 1 heterocycles. The zero-order valence-electron chi connectivity index (χ0n) is 17.6. The first-order valence-electron chi connectivity index (χ1n) is 9.85. The van der Waals surface area contributed by atoms with Gasteiger partial charge in [0, 0.05) is 45.3 Å². The number of hydrogen-bond acceptors (Lipinski definition) is 5. The van der Waals surface area contributed by atoms with Gasteiger partial charge >= 0.3 is 6.61 Å². The lowest BCUT2D eigenvalue weighted by molar-refractivity contribution is -0.0679. The minimum Gasteiger partial charge on any atom is -0.497 e. The summed E-state index contributed by atoms with van der Waals surface area (Å²) in [6.07, 6.45) is 1.47. The maximum Gasteiger partial charge on any atom is 0.387 e. The van der Waals surface area contributed by atoms with Gasteiger partial charge in [0.1, 0.15) is 11.5 Å². The standard InChI is InChI=1S/C20H32F2N4O3/c1-14-12-26(13-15(2)28-14)9-5-8-24-20(23-3)25-11-16-10-17(27-4)6-7-18(16)29-19(21)22/h6-7,10,14-15,19H,5,8-9,11-13H2,1-4H3,(H2,23,24,25). The minimum atomic E-state index is -2.88. The third-order valence-electron chi connectivity index (χ3n) is 4.59. The molecule has 9 heteroatoms. The second-order valence-electron chi connectivity index (χ2n) is 7.08. The lowest BCUT2D eigenvalue weighted by atomic mass is 10.2. The molecule has 2 unspecified atom stereocenters. The van der Waals surface area contributed by atoms with Crippen LogP contribution in [0.3, 0.4) is 0 Å². The van der Waals surface area contributed by atoms with Crippen LogP contribution < -0.4 is 20.1 Å². The Morgan fingerprint density at radius 3 is 2.62 bits per heavy atom. The summed E-state index contributed by atoms with van der Waals surface area (Å²) in [5.41, 5.74) is 0.559. The molecule has 2 rings (SSSR count). The van der Waals surface area contributed by atoms with E-state index in [-0.39, 0.29) is 24.5 Å². The van der Waals surface area contributed by atoms with E-state index in [0.717, 1.165) is 32.6 Å². The molecule has 1 saturated heterocycles. The quantitative estimate of drug-likeness (QED) is 0.368. The summed E-state index contributed by atoms with van der Waals surface area (Å²) in [5, 5.41) is 6.38. The highest BCUT2D eigenvalue weighted by atomic mass is 19.3. The van der Waals surface area contributed by atoms with Crippen molar-refractivity contribution in [1.29, 1.82) is 0 Å². The fourth-order valence-electron chi connectivity index (χ4n) is 3.41. The first-order chi connectivity index (χ1) is 13.9. The molecule has 2 N–H and O–H groups in total. The maximum absolute atomic E-state index is 12.6. The number of halogens is 2. The van der Waals surface area contributed by atoms with E-state index in [0.29, 0.717) is 17.3 Å². The van der Waals surface area contributed by atoms with Gasteiger partial charge in [-0.2, -0.15) is 8.78 Å². The maximum atomic E-state index is 12.6. The van der Waals surface area contributed by atoms with E-state index in [1.54, 1.807) is 19.2 Å². The van der Waals surface area contributed by atoms with Crippen molar-refractivity contribution in [2.75, 3.05) is 40.3 Å². The number of guanidine groups is 1. The summed E-state index contributed by atoms with van der Waals surface area (Å²) < 4.78 is 40.8. The van der Waals surface area contributed by atoms with Crippen LogP contribution in [0.15, 0.2) is 23.2 Å². The van der Waals surface area contributed by atoms with Crippen molar-refractivity contribution in [3.8, 4) is 11.5 Å². The van der Waals surface area contributed by atoms with Crippen molar-refractivity contribution in [1.82, 2.24) is 15.5 Å². The number of aliphatic imine (C=N–C) groups is 1. The molecule has 1 aliphatic rings. The normalized spacial score (nSPS) is 20.6. The van der Waals surface area contributed by atoms with Crippen molar-refractivity contribution in [2.45, 2.75) is 45.6 Å². The van der Waals surface area contributed by atoms with Crippen LogP contribution in [-0.4, -0.2) is 70.0 Å². The lowest BCUT2D eigenvalue weighted by Crippen LogP contribution is -2.46. The average Bonchev–Trinajstić information content (AvgIpc) is 2.67. The Bertz CT molecular complexity index is 651. The highest BCUT2D eigenvalue weighted by molar-refractivity contribution is 5.79. The van der Waals surface area contributed by atoms with Gasteiger partial charge in [0.2, 0.25) is 0 Å². The lowest BCUT2D eigenvalue weighted by Gasteiger charge is -2.35. The molecule has 0 saturated carbocycles. The van der Waals surface area contributed by atoms with Gasteiger partial charge in [-0.05, 0) is 38.5 Å². The van der Waals surface area contributed by atoms with Gasteiger partial charge in [-0.3, -0.25) is 9.89 Å². The molecule has 1 fully saturated rings. The summed E-state index contributed by atoms with van der Waals surface area (Å²) >= 11 is 0. The van der Waals surface area contributed by atoms with Gasteiger partial charge in [-0.15, -0.1) is 0 Å². The predicted octanol–water partition coefficient (Wildman–Crippen LogP) is 2.46. The molecule has 0 spiro atoms. The van der Waals surface area contributed by atoms with E-state index in [4.69, 9.17) is 9.47 Å². The molecule has 29 heavy (non-hydrogen) atoms. The van der Waals surface area contributed by atoms with E-state index < -0.39 is 6.61 Å². The Balaban J connectivity index is 1.80. The number of nitrogens with zero attached hydrogens (tertiary/aromatic N) is 2. The smallest absolute Gasteiger partial charge is 0.387 e. The van der Waals surface area contributed by atoms with Crippen molar-refractivity contribution < 1.29 is 23.0 Å². The van der Waals surface area contributed by atoms with Crippen LogP contribution in [0.2, 0.25) is 0 Å². The highest BCUT2D eigenvalue weighted by Crippen LogP contribution is 2.25. The molecule has 0 bridgehead atoms. The summed E-state index contributed by atoms with van der Waals surface area (Å²) in [6, 6.07) is 4.73. The largest absolute Gasteiger partial charge is 0.497 e. The number of methoxy groups -OCH3 is 1. The second kappa shape index (κ2) is 11.8. The molecule has 1 aromatic rings. The van der Waals surface area contributed by atoms with Gasteiger partial charge in [0.05, 0.1) is 19.3 Å². The molecular formula is C20H32F2N4O3. The van der Waals surface area contributed by atoms with Gasteiger partial charge in [-0.1, -0.05) is 0 Å². The Morgan fingerprint density at radius 1 is 1.28 bits per heavy atom. The van der Waals surface area contributed by atoms with E-state index >= 15 is 0 Å². The first-order valence-corrected chi connectivity index (χ1v) is 9.85. The Morgan fingerprint density at radius 2 is 2.00 bits per heavy atom. The molecule has 0 amide bonds. The van der Waals surface area contributed by atoms with Crippen LogP contribution >= 0.6 is 0 Å². The molecule has 1 aliphatic heterocycles. The van der Waals surface area contributed by atoms with Crippen molar-refractivity contribution in [3.63, 3.8) is 0 Å². The Kier molecular flexibility index (Phi) is 9.40. The van der Waals surface area contributed by atoms with E-state index in [9.17, 15) is 8.78 Å². The molecule has 0 radical (unpaired) electrons. The highest BCUT2D eigenvalue weighted by Gasteiger charge is 2.21. The van der Waals surface area contributed by atoms with Crippen molar-refractivity contribution in [2.24, 2.45) is 4.99 Å². The van der Waals surface area contributed by atoms with E-state index in [2.05, 4.69) is 39.1 Å². The van der Waals surface area contributed by atoms with Crippen LogP contribution in [0.25, 0.3) is 0 Å². The SMILES string of the molecule is CN=C(NCCCN1CC(C)OC(C)C1)NCc1cc(OC)ccc1OC(F)F. The van der Waals surface area contributed by atoms with Gasteiger partial charge in [-0.25, -0.2) is 0 Å².